The maximum atomic E-state index is 11.0. The van der Waals surface area contributed by atoms with Gasteiger partial charge in [0.15, 0.2) is 0 Å². The first-order valence-corrected chi connectivity index (χ1v) is 5.74. The van der Waals surface area contributed by atoms with Gasteiger partial charge in [-0.25, -0.2) is 0 Å². The number of carbonyl (C=O) groups excluding carboxylic acids is 1. The number of carbonyl (C=O) groups is 1. The van der Waals surface area contributed by atoms with Crippen LogP contribution in [-0.4, -0.2) is 18.2 Å². The summed E-state index contributed by atoms with van der Waals surface area (Å²) in [5.74, 6) is -0.00868. The third-order valence-electron chi connectivity index (χ3n) is 2.78. The van der Waals surface area contributed by atoms with Crippen LogP contribution in [0.2, 0.25) is 0 Å². The van der Waals surface area contributed by atoms with Gasteiger partial charge >= 0.3 is 5.97 Å². The lowest BCUT2D eigenvalue weighted by atomic mass is 9.86. The number of aromatic hydroxyl groups is 1. The second-order valence-corrected chi connectivity index (χ2v) is 5.17. The largest absolute Gasteiger partial charge is 0.508 e. The van der Waals surface area contributed by atoms with E-state index in [9.17, 15) is 9.90 Å². The molecule has 1 N–H and O–H groups in total. The molecule has 0 aliphatic rings. The number of hydrogen-bond acceptors (Lipinski definition) is 3. The maximum Gasteiger partial charge on any atom is 0.305 e. The van der Waals surface area contributed by atoms with Gasteiger partial charge in [-0.1, -0.05) is 32.9 Å². The van der Waals surface area contributed by atoms with E-state index >= 15 is 0 Å². The number of phenolic OH excluding ortho intramolecular Hbond substituents is 1. The van der Waals surface area contributed by atoms with Gasteiger partial charge < -0.3 is 9.84 Å². The molecule has 3 heteroatoms. The van der Waals surface area contributed by atoms with E-state index in [4.69, 9.17) is 0 Å². The van der Waals surface area contributed by atoms with Gasteiger partial charge in [-0.2, -0.15) is 0 Å². The van der Waals surface area contributed by atoms with Gasteiger partial charge in [-0.05, 0) is 29.0 Å². The van der Waals surface area contributed by atoms with E-state index in [0.29, 0.717) is 12.8 Å². The molecule has 0 saturated carbocycles. The fourth-order valence-electron chi connectivity index (χ4n) is 1.58. The number of benzene rings is 1. The lowest BCUT2D eigenvalue weighted by molar-refractivity contribution is -0.140. The number of aryl methyl sites for hydroxylation is 1. The zero-order valence-electron chi connectivity index (χ0n) is 10.9. The summed E-state index contributed by atoms with van der Waals surface area (Å²) in [6.45, 7) is 6.28. The molecular weight excluding hydrogens is 216 g/mol. The highest BCUT2D eigenvalue weighted by Crippen LogP contribution is 2.28. The second kappa shape index (κ2) is 5.21. The predicted molar refractivity (Wildman–Crippen MR) is 67.1 cm³/mol. The van der Waals surface area contributed by atoms with Crippen molar-refractivity contribution in [2.75, 3.05) is 7.11 Å². The van der Waals surface area contributed by atoms with E-state index in [1.165, 1.54) is 7.11 Å². The molecule has 0 radical (unpaired) electrons. The van der Waals surface area contributed by atoms with Crippen molar-refractivity contribution in [1.29, 1.82) is 0 Å². The van der Waals surface area contributed by atoms with E-state index in [2.05, 4.69) is 25.5 Å². The first-order chi connectivity index (χ1) is 7.84. The summed E-state index contributed by atoms with van der Waals surface area (Å²) in [5, 5.41) is 9.89. The zero-order chi connectivity index (χ0) is 13.1. The molecule has 17 heavy (non-hydrogen) atoms. The normalized spacial score (nSPS) is 11.3. The lowest BCUT2D eigenvalue weighted by Crippen LogP contribution is -2.11. The van der Waals surface area contributed by atoms with Crippen LogP contribution in [-0.2, 0) is 21.4 Å². The lowest BCUT2D eigenvalue weighted by Gasteiger charge is -2.19. The monoisotopic (exact) mass is 236 g/mol. The summed E-state index contributed by atoms with van der Waals surface area (Å²) >= 11 is 0. The summed E-state index contributed by atoms with van der Waals surface area (Å²) in [7, 11) is 1.37. The SMILES string of the molecule is COC(=O)CCc1ccc(C(C)(C)C)cc1O. The number of ether oxygens (including phenoxy) is 1. The molecule has 0 unspecified atom stereocenters. The highest BCUT2D eigenvalue weighted by Gasteiger charge is 2.15. The fraction of sp³-hybridized carbons (Fsp3) is 0.500. The van der Waals surface area contributed by atoms with E-state index in [-0.39, 0.29) is 17.1 Å². The van der Waals surface area contributed by atoms with Crippen molar-refractivity contribution in [3.05, 3.63) is 29.3 Å². The Morgan fingerprint density at radius 2 is 2.00 bits per heavy atom. The highest BCUT2D eigenvalue weighted by molar-refractivity contribution is 5.69. The molecule has 0 saturated heterocycles. The molecule has 3 nitrogen and oxygen atoms in total. The van der Waals surface area contributed by atoms with Crippen LogP contribution in [0.3, 0.4) is 0 Å². The first-order valence-electron chi connectivity index (χ1n) is 5.74. The Morgan fingerprint density at radius 1 is 1.35 bits per heavy atom. The van der Waals surface area contributed by atoms with Crippen LogP contribution >= 0.6 is 0 Å². The van der Waals surface area contributed by atoms with Crippen LogP contribution in [0.4, 0.5) is 0 Å². The molecule has 0 fully saturated rings. The summed E-state index contributed by atoms with van der Waals surface area (Å²) < 4.78 is 4.57. The first kappa shape index (κ1) is 13.6. The van der Waals surface area contributed by atoms with Crippen LogP contribution in [0.15, 0.2) is 18.2 Å². The van der Waals surface area contributed by atoms with Crippen molar-refractivity contribution in [2.45, 2.75) is 39.0 Å². The van der Waals surface area contributed by atoms with Gasteiger partial charge in [-0.3, -0.25) is 4.79 Å². The Morgan fingerprint density at radius 3 is 2.47 bits per heavy atom. The quantitative estimate of drug-likeness (QED) is 0.821. The number of phenols is 1. The summed E-state index contributed by atoms with van der Waals surface area (Å²) in [5.41, 5.74) is 1.87. The minimum atomic E-state index is -0.260. The fourth-order valence-corrected chi connectivity index (χ4v) is 1.58. The predicted octanol–water partition coefficient (Wildman–Crippen LogP) is 2.80. The van der Waals surface area contributed by atoms with Crippen molar-refractivity contribution in [1.82, 2.24) is 0 Å². The number of rotatable bonds is 3. The standard InChI is InChI=1S/C14H20O3/c1-14(2,3)11-7-5-10(12(15)9-11)6-8-13(16)17-4/h5,7,9,15H,6,8H2,1-4H3. The molecule has 0 bridgehead atoms. The molecule has 1 aromatic carbocycles. The van der Waals surface area contributed by atoms with Gasteiger partial charge in [0.1, 0.15) is 5.75 Å². The van der Waals surface area contributed by atoms with Crippen LogP contribution in [0.5, 0.6) is 5.75 Å². The molecular formula is C14H20O3. The number of hydrogen-bond donors (Lipinski definition) is 1. The van der Waals surface area contributed by atoms with Crippen molar-refractivity contribution in [2.24, 2.45) is 0 Å². The Hall–Kier alpha value is -1.51. The van der Waals surface area contributed by atoms with E-state index < -0.39 is 0 Å². The third kappa shape index (κ3) is 3.77. The molecule has 0 atom stereocenters. The van der Waals surface area contributed by atoms with Crippen LogP contribution in [0.25, 0.3) is 0 Å². The Balaban J connectivity index is 2.80. The van der Waals surface area contributed by atoms with Crippen LogP contribution < -0.4 is 0 Å². The Labute approximate surface area is 102 Å². The van der Waals surface area contributed by atoms with Crippen LogP contribution in [0, 0.1) is 0 Å². The molecule has 0 aliphatic carbocycles. The van der Waals surface area contributed by atoms with Crippen LogP contribution in [0.1, 0.15) is 38.3 Å². The van der Waals surface area contributed by atoms with Crippen molar-refractivity contribution >= 4 is 5.97 Å². The molecule has 0 heterocycles. The van der Waals surface area contributed by atoms with Gasteiger partial charge in [-0.15, -0.1) is 0 Å². The Kier molecular flexibility index (Phi) is 4.16. The third-order valence-corrected chi connectivity index (χ3v) is 2.78. The van der Waals surface area contributed by atoms with Crippen molar-refractivity contribution in [3.8, 4) is 5.75 Å². The summed E-state index contributed by atoms with van der Waals surface area (Å²) in [6, 6.07) is 5.64. The molecule has 1 aromatic rings. The van der Waals surface area contributed by atoms with E-state index in [0.717, 1.165) is 11.1 Å². The summed E-state index contributed by atoms with van der Waals surface area (Å²) in [4.78, 5) is 11.0. The number of esters is 1. The molecule has 0 spiro atoms. The minimum absolute atomic E-state index is 0.0123. The van der Waals surface area contributed by atoms with Crippen molar-refractivity contribution < 1.29 is 14.6 Å². The molecule has 1 rings (SSSR count). The minimum Gasteiger partial charge on any atom is -0.508 e. The maximum absolute atomic E-state index is 11.0. The van der Waals surface area contributed by atoms with Gasteiger partial charge in [0, 0.05) is 6.42 Å². The van der Waals surface area contributed by atoms with E-state index in [1.54, 1.807) is 6.07 Å². The highest BCUT2D eigenvalue weighted by atomic mass is 16.5. The smallest absolute Gasteiger partial charge is 0.305 e. The van der Waals surface area contributed by atoms with E-state index in [1.807, 2.05) is 12.1 Å². The van der Waals surface area contributed by atoms with Crippen molar-refractivity contribution in [3.63, 3.8) is 0 Å². The zero-order valence-corrected chi connectivity index (χ0v) is 10.9. The number of methoxy groups -OCH3 is 1. The average Bonchev–Trinajstić information content (AvgIpc) is 2.25. The second-order valence-electron chi connectivity index (χ2n) is 5.17. The average molecular weight is 236 g/mol. The molecule has 0 aromatic heterocycles. The van der Waals surface area contributed by atoms with Gasteiger partial charge in [0.25, 0.3) is 0 Å². The summed E-state index contributed by atoms with van der Waals surface area (Å²) in [6.07, 6.45) is 0.794. The van der Waals surface area contributed by atoms with Gasteiger partial charge in [0.2, 0.25) is 0 Å². The van der Waals surface area contributed by atoms with Gasteiger partial charge in [0.05, 0.1) is 7.11 Å². The molecule has 0 amide bonds. The Bertz CT molecular complexity index is 402. The topological polar surface area (TPSA) is 46.5 Å². The molecule has 0 aliphatic heterocycles. The molecule has 94 valence electrons.